The molecule has 0 N–H and O–H groups in total. The van der Waals surface area contributed by atoms with Gasteiger partial charge in [-0.15, -0.1) is 0 Å². The van der Waals surface area contributed by atoms with Gasteiger partial charge in [-0.05, 0) is 23.7 Å². The highest BCUT2D eigenvalue weighted by atomic mass is 16.6. The van der Waals surface area contributed by atoms with E-state index in [0.29, 0.717) is 11.3 Å². The Labute approximate surface area is 114 Å². The largest absolute Gasteiger partial charge is 0.270 e. The molecule has 98 valence electrons. The van der Waals surface area contributed by atoms with Gasteiger partial charge in [0.2, 0.25) is 0 Å². The van der Waals surface area contributed by atoms with Gasteiger partial charge in [0, 0.05) is 34.5 Å². The van der Waals surface area contributed by atoms with E-state index in [9.17, 15) is 10.1 Å². The Morgan fingerprint density at radius 3 is 2.60 bits per heavy atom. The van der Waals surface area contributed by atoms with Crippen molar-refractivity contribution in [3.63, 3.8) is 0 Å². The van der Waals surface area contributed by atoms with Gasteiger partial charge in [0.05, 0.1) is 10.6 Å². The summed E-state index contributed by atoms with van der Waals surface area (Å²) >= 11 is 0. The first-order valence-corrected chi connectivity index (χ1v) is 5.63. The van der Waals surface area contributed by atoms with Crippen LogP contribution in [0.4, 0.5) is 17.1 Å². The van der Waals surface area contributed by atoms with Crippen LogP contribution in [0.25, 0.3) is 10.4 Å². The summed E-state index contributed by atoms with van der Waals surface area (Å²) in [6, 6.07) is 13.1. The quantitative estimate of drug-likeness (QED) is 0.206. The minimum atomic E-state index is -0.514. The Balaban J connectivity index is 2.42. The van der Waals surface area contributed by atoms with E-state index in [1.54, 1.807) is 12.1 Å². The topological polar surface area (TPSA) is 104 Å². The molecule has 2 rings (SSSR count). The molecule has 0 aromatic heterocycles. The maximum absolute atomic E-state index is 10.8. The molecule has 7 nitrogen and oxygen atoms in total. The number of non-ortho nitro benzene ring substituents is 1. The first-order valence-electron chi connectivity index (χ1n) is 5.63. The van der Waals surface area contributed by atoms with Crippen molar-refractivity contribution in [1.29, 1.82) is 0 Å². The Kier molecular flexibility index (Phi) is 4.06. The molecule has 0 spiro atoms. The van der Waals surface area contributed by atoms with Crippen molar-refractivity contribution in [1.82, 2.24) is 0 Å². The molecule has 0 aliphatic heterocycles. The summed E-state index contributed by atoms with van der Waals surface area (Å²) in [7, 11) is 0. The molecule has 0 unspecified atom stereocenters. The van der Waals surface area contributed by atoms with Crippen LogP contribution in [0.5, 0.6) is 0 Å². The molecule has 2 aromatic rings. The number of benzene rings is 2. The highest BCUT2D eigenvalue weighted by Crippen LogP contribution is 2.24. The van der Waals surface area contributed by atoms with Crippen LogP contribution in [0.3, 0.4) is 0 Å². The van der Waals surface area contributed by atoms with Crippen molar-refractivity contribution in [2.45, 2.75) is 0 Å². The molecule has 0 heterocycles. The minimum absolute atomic E-state index is 0.0867. The van der Waals surface area contributed by atoms with Crippen molar-refractivity contribution < 1.29 is 4.92 Å². The summed E-state index contributed by atoms with van der Waals surface area (Å²) in [5.41, 5.74) is 9.78. The highest BCUT2D eigenvalue weighted by Gasteiger charge is 2.08. The van der Waals surface area contributed by atoms with Crippen molar-refractivity contribution in [2.75, 3.05) is 0 Å². The fraction of sp³-hybridized carbons (Fsp3) is 0. The number of hydrogen-bond donors (Lipinski definition) is 0. The molecule has 7 heteroatoms. The summed E-state index contributed by atoms with van der Waals surface area (Å²) in [5, 5.41) is 14.2. The van der Waals surface area contributed by atoms with Crippen molar-refractivity contribution in [3.05, 3.63) is 74.7 Å². The summed E-state index contributed by atoms with van der Waals surface area (Å²) in [6.45, 7) is 0. The van der Waals surface area contributed by atoms with Gasteiger partial charge in [-0.2, -0.15) is 0 Å². The lowest BCUT2D eigenvalue weighted by Crippen LogP contribution is -1.90. The molecule has 0 amide bonds. The van der Waals surface area contributed by atoms with E-state index in [2.05, 4.69) is 15.0 Å². The van der Waals surface area contributed by atoms with E-state index in [1.807, 2.05) is 18.2 Å². The van der Waals surface area contributed by atoms with Gasteiger partial charge >= 0.3 is 0 Å². The third-order valence-electron chi connectivity index (χ3n) is 2.48. The van der Waals surface area contributed by atoms with E-state index in [4.69, 9.17) is 5.53 Å². The van der Waals surface area contributed by atoms with Crippen LogP contribution in [-0.2, 0) is 0 Å². The summed E-state index contributed by atoms with van der Waals surface area (Å²) in [5.74, 6) is 0. The lowest BCUT2D eigenvalue weighted by molar-refractivity contribution is -0.384. The molecule has 0 atom stereocenters. The van der Waals surface area contributed by atoms with Gasteiger partial charge in [0.25, 0.3) is 5.69 Å². The van der Waals surface area contributed by atoms with Gasteiger partial charge in [0.15, 0.2) is 0 Å². The second-order valence-corrected chi connectivity index (χ2v) is 3.78. The van der Waals surface area contributed by atoms with Crippen LogP contribution in [0.2, 0.25) is 0 Å². The average Bonchev–Trinajstić information content (AvgIpc) is 2.47. The summed E-state index contributed by atoms with van der Waals surface area (Å²) in [4.78, 5) is 17.1. The average molecular weight is 267 g/mol. The number of azide groups is 1. The lowest BCUT2D eigenvalue weighted by atomic mass is 10.1. The number of hydrogen-bond acceptors (Lipinski definition) is 4. The van der Waals surface area contributed by atoms with E-state index in [0.717, 1.165) is 0 Å². The molecule has 20 heavy (non-hydrogen) atoms. The molecule has 0 aliphatic rings. The van der Waals surface area contributed by atoms with Crippen LogP contribution >= 0.6 is 0 Å². The minimum Gasteiger partial charge on any atom is -0.258 e. The molecule has 0 saturated heterocycles. The van der Waals surface area contributed by atoms with Gasteiger partial charge in [-0.3, -0.25) is 15.1 Å². The SMILES string of the molecule is [N-]=[N+]=Nc1ccc([N+](=O)[O-])cc1C=Nc1ccccc1. The first kappa shape index (κ1) is 13.3. The molecule has 0 aliphatic carbocycles. The maximum Gasteiger partial charge on any atom is 0.270 e. The van der Waals surface area contributed by atoms with Gasteiger partial charge < -0.3 is 0 Å². The molecule has 0 saturated carbocycles. The number of nitro groups is 1. The van der Waals surface area contributed by atoms with Crippen LogP contribution in [0, 0.1) is 10.1 Å². The maximum atomic E-state index is 10.8. The zero-order valence-corrected chi connectivity index (χ0v) is 10.2. The number of nitro benzene ring substituents is 1. The Morgan fingerprint density at radius 1 is 1.20 bits per heavy atom. The van der Waals surface area contributed by atoms with Crippen LogP contribution in [0.1, 0.15) is 5.56 Å². The van der Waals surface area contributed by atoms with Crippen molar-refractivity contribution >= 4 is 23.3 Å². The summed E-state index contributed by atoms with van der Waals surface area (Å²) in [6.07, 6.45) is 1.44. The highest BCUT2D eigenvalue weighted by molar-refractivity contribution is 5.89. The second-order valence-electron chi connectivity index (χ2n) is 3.78. The van der Waals surface area contributed by atoms with E-state index < -0.39 is 4.92 Å². The predicted molar refractivity (Wildman–Crippen MR) is 75.6 cm³/mol. The zero-order chi connectivity index (χ0) is 14.4. The fourth-order valence-corrected chi connectivity index (χ4v) is 1.56. The van der Waals surface area contributed by atoms with Crippen LogP contribution < -0.4 is 0 Å². The molecule has 2 aromatic carbocycles. The third-order valence-corrected chi connectivity index (χ3v) is 2.48. The smallest absolute Gasteiger partial charge is 0.258 e. The second kappa shape index (κ2) is 6.12. The molecular formula is C13H9N5O2. The van der Waals surface area contributed by atoms with Gasteiger partial charge in [0.1, 0.15) is 0 Å². The van der Waals surface area contributed by atoms with Crippen LogP contribution in [0.15, 0.2) is 58.6 Å². The lowest BCUT2D eigenvalue weighted by Gasteiger charge is -1.99. The third kappa shape index (κ3) is 3.18. The monoisotopic (exact) mass is 267 g/mol. The Bertz CT molecular complexity index is 706. The molecule has 0 fully saturated rings. The van der Waals surface area contributed by atoms with E-state index >= 15 is 0 Å². The number of rotatable bonds is 4. The normalized spacial score (nSPS) is 10.2. The molecular weight excluding hydrogens is 258 g/mol. The summed E-state index contributed by atoms with van der Waals surface area (Å²) < 4.78 is 0. The predicted octanol–water partition coefficient (Wildman–Crippen LogP) is 4.29. The zero-order valence-electron chi connectivity index (χ0n) is 10.2. The fourth-order valence-electron chi connectivity index (χ4n) is 1.56. The number of aliphatic imine (C=N–C) groups is 1. The van der Waals surface area contributed by atoms with Crippen molar-refractivity contribution in [2.24, 2.45) is 10.1 Å². The molecule has 0 bridgehead atoms. The Morgan fingerprint density at radius 2 is 1.95 bits per heavy atom. The number of para-hydroxylation sites is 1. The van der Waals surface area contributed by atoms with E-state index in [-0.39, 0.29) is 11.4 Å². The first-order chi connectivity index (χ1) is 9.70. The van der Waals surface area contributed by atoms with Crippen LogP contribution in [-0.4, -0.2) is 11.1 Å². The number of nitrogens with zero attached hydrogens (tertiary/aromatic N) is 5. The van der Waals surface area contributed by atoms with Gasteiger partial charge in [-0.1, -0.05) is 23.3 Å². The Hall–Kier alpha value is -3.18. The van der Waals surface area contributed by atoms with Gasteiger partial charge in [-0.25, -0.2) is 0 Å². The van der Waals surface area contributed by atoms with E-state index in [1.165, 1.54) is 24.4 Å². The standard InChI is InChI=1S/C13H9N5O2/c14-17-16-13-7-6-12(18(19)20)8-10(13)9-15-11-4-2-1-3-5-11/h1-9H. The molecule has 0 radical (unpaired) electrons. The van der Waals surface area contributed by atoms with Crippen molar-refractivity contribution in [3.8, 4) is 0 Å².